The molecule has 1 atom stereocenters. The largest absolute Gasteiger partial charge is 0.444 e. The molecule has 0 spiro atoms. The van der Waals surface area contributed by atoms with Gasteiger partial charge in [-0.15, -0.1) is 0 Å². The van der Waals surface area contributed by atoms with Gasteiger partial charge in [0.2, 0.25) is 5.91 Å². The molecule has 1 fully saturated rings. The number of Topliss-reactive ketones (excluding diaryl/α,β-unsaturated/α-hetero) is 1. The van der Waals surface area contributed by atoms with E-state index in [-0.39, 0.29) is 17.0 Å². The Morgan fingerprint density at radius 1 is 1.27 bits per heavy atom. The molecule has 1 saturated heterocycles. The van der Waals surface area contributed by atoms with Crippen molar-refractivity contribution in [3.8, 4) is 0 Å². The Hall–Kier alpha value is -2.44. The molecule has 2 amide bonds. The second-order valence-electron chi connectivity index (χ2n) is 7.52. The molecule has 26 heavy (non-hydrogen) atoms. The number of carbonyl (C=O) groups is 3. The van der Waals surface area contributed by atoms with Gasteiger partial charge >= 0.3 is 6.09 Å². The fourth-order valence-electron chi connectivity index (χ4n) is 2.94. The minimum Gasteiger partial charge on any atom is -0.444 e. The lowest BCUT2D eigenvalue weighted by Crippen LogP contribution is -2.43. The van der Waals surface area contributed by atoms with Crippen molar-refractivity contribution < 1.29 is 23.5 Å². The Labute approximate surface area is 152 Å². The number of nitrogens with one attached hydrogen (secondary N) is 1. The molecule has 6 nitrogen and oxygen atoms in total. The van der Waals surface area contributed by atoms with Crippen molar-refractivity contribution in [2.45, 2.75) is 59.1 Å². The Morgan fingerprint density at radius 2 is 1.92 bits per heavy atom. The molecule has 0 aliphatic carbocycles. The number of benzene rings is 1. The maximum absolute atomic E-state index is 13.9. The smallest absolute Gasteiger partial charge is 0.410 e. The molecular weight excluding hydrogens is 339 g/mol. The number of amides is 2. The zero-order valence-corrected chi connectivity index (χ0v) is 15.8. The van der Waals surface area contributed by atoms with Crippen LogP contribution in [0.3, 0.4) is 0 Å². The summed E-state index contributed by atoms with van der Waals surface area (Å²) in [5, 5.41) is 2.49. The summed E-state index contributed by atoms with van der Waals surface area (Å²) in [4.78, 5) is 38.3. The lowest BCUT2D eigenvalue weighted by molar-refractivity contribution is -0.114. The van der Waals surface area contributed by atoms with E-state index >= 15 is 0 Å². The first-order valence-corrected chi connectivity index (χ1v) is 8.61. The number of aryl methyl sites for hydroxylation is 1. The molecule has 0 aromatic heterocycles. The molecule has 2 rings (SSSR count). The number of rotatable bonds is 3. The highest BCUT2D eigenvalue weighted by molar-refractivity contribution is 6.08. The number of anilines is 1. The number of halogens is 1. The standard InChI is InChI=1S/C19H25FN2O4/c1-11-9-13(15(10-14(11)20)21-12(2)23)17(24)16-7-6-8-22(16)18(25)26-19(3,4)5/h9-10,16H,6-8H2,1-5H3,(H,21,23)/t16-/m0/s1. The summed E-state index contributed by atoms with van der Waals surface area (Å²) in [6, 6.07) is 1.85. The van der Waals surface area contributed by atoms with Gasteiger partial charge in [0.1, 0.15) is 11.4 Å². The Balaban J connectivity index is 2.33. The number of ether oxygens (including phenoxy) is 1. The third kappa shape index (κ3) is 4.59. The monoisotopic (exact) mass is 364 g/mol. The van der Waals surface area contributed by atoms with Gasteiger partial charge in [-0.25, -0.2) is 9.18 Å². The first kappa shape index (κ1) is 19.9. The van der Waals surface area contributed by atoms with Gasteiger partial charge in [-0.3, -0.25) is 14.5 Å². The third-order valence-electron chi connectivity index (χ3n) is 4.06. The van der Waals surface area contributed by atoms with Crippen LogP contribution >= 0.6 is 0 Å². The van der Waals surface area contributed by atoms with E-state index in [0.29, 0.717) is 24.9 Å². The number of hydrogen-bond acceptors (Lipinski definition) is 4. The molecule has 1 N–H and O–H groups in total. The van der Waals surface area contributed by atoms with Crippen LogP contribution in [-0.2, 0) is 9.53 Å². The van der Waals surface area contributed by atoms with E-state index in [4.69, 9.17) is 4.74 Å². The van der Waals surface area contributed by atoms with Gasteiger partial charge in [-0.1, -0.05) is 0 Å². The van der Waals surface area contributed by atoms with E-state index in [1.807, 2.05) is 0 Å². The van der Waals surface area contributed by atoms with Crippen LogP contribution in [0.4, 0.5) is 14.9 Å². The van der Waals surface area contributed by atoms with Crippen molar-refractivity contribution in [2.24, 2.45) is 0 Å². The van der Waals surface area contributed by atoms with Crippen LogP contribution in [-0.4, -0.2) is 40.9 Å². The van der Waals surface area contributed by atoms with Crippen molar-refractivity contribution in [2.75, 3.05) is 11.9 Å². The van der Waals surface area contributed by atoms with Crippen molar-refractivity contribution in [3.05, 3.63) is 29.1 Å². The van der Waals surface area contributed by atoms with Crippen molar-refractivity contribution in [3.63, 3.8) is 0 Å². The van der Waals surface area contributed by atoms with E-state index < -0.39 is 29.5 Å². The van der Waals surface area contributed by atoms with Gasteiger partial charge in [0.15, 0.2) is 5.78 Å². The molecule has 0 saturated carbocycles. The SMILES string of the molecule is CC(=O)Nc1cc(F)c(C)cc1C(=O)[C@@H]1CCCN1C(=O)OC(C)(C)C. The van der Waals surface area contributed by atoms with Crippen molar-refractivity contribution >= 4 is 23.5 Å². The van der Waals surface area contributed by atoms with Gasteiger partial charge in [0, 0.05) is 19.0 Å². The Morgan fingerprint density at radius 3 is 2.50 bits per heavy atom. The zero-order chi connectivity index (χ0) is 19.6. The van der Waals surface area contributed by atoms with Crippen molar-refractivity contribution in [1.29, 1.82) is 0 Å². The van der Waals surface area contributed by atoms with Crippen LogP contribution < -0.4 is 5.32 Å². The molecule has 0 radical (unpaired) electrons. The number of likely N-dealkylation sites (tertiary alicyclic amines) is 1. The second kappa shape index (κ2) is 7.43. The van der Waals surface area contributed by atoms with Crippen LogP contribution in [0.2, 0.25) is 0 Å². The molecule has 1 aromatic carbocycles. The number of ketones is 1. The molecule has 0 bridgehead atoms. The summed E-state index contributed by atoms with van der Waals surface area (Å²) in [6.45, 7) is 8.53. The topological polar surface area (TPSA) is 75.7 Å². The van der Waals surface area contributed by atoms with Crippen LogP contribution in [0.1, 0.15) is 56.5 Å². The molecule has 1 heterocycles. The first-order valence-electron chi connectivity index (χ1n) is 8.61. The van der Waals surface area contributed by atoms with Gasteiger partial charge in [-0.05, 0) is 58.2 Å². The maximum Gasteiger partial charge on any atom is 0.410 e. The number of nitrogens with zero attached hydrogens (tertiary/aromatic N) is 1. The average molecular weight is 364 g/mol. The fourth-order valence-corrected chi connectivity index (χ4v) is 2.94. The highest BCUT2D eigenvalue weighted by Gasteiger charge is 2.37. The lowest BCUT2D eigenvalue weighted by Gasteiger charge is -2.28. The molecule has 1 aliphatic heterocycles. The summed E-state index contributed by atoms with van der Waals surface area (Å²) in [5.74, 6) is -1.25. The van der Waals surface area contributed by atoms with E-state index in [1.165, 1.54) is 17.9 Å². The minimum absolute atomic E-state index is 0.113. The van der Waals surface area contributed by atoms with Gasteiger partial charge < -0.3 is 10.1 Å². The summed E-state index contributed by atoms with van der Waals surface area (Å²) in [5.41, 5.74) is -0.0633. The van der Waals surface area contributed by atoms with Crippen LogP contribution in [0.15, 0.2) is 12.1 Å². The first-order chi connectivity index (χ1) is 12.0. The Bertz CT molecular complexity index is 740. The molecule has 1 aromatic rings. The van der Waals surface area contributed by atoms with E-state index in [0.717, 1.165) is 6.07 Å². The predicted octanol–water partition coefficient (Wildman–Crippen LogP) is 3.67. The van der Waals surface area contributed by atoms with Crippen LogP contribution in [0.25, 0.3) is 0 Å². The van der Waals surface area contributed by atoms with E-state index in [2.05, 4.69) is 5.32 Å². The quantitative estimate of drug-likeness (QED) is 0.830. The summed E-state index contributed by atoms with van der Waals surface area (Å²) in [7, 11) is 0. The highest BCUT2D eigenvalue weighted by Crippen LogP contribution is 2.28. The lowest BCUT2D eigenvalue weighted by atomic mass is 9.98. The normalized spacial score (nSPS) is 17.2. The van der Waals surface area contributed by atoms with Crippen molar-refractivity contribution in [1.82, 2.24) is 4.90 Å². The van der Waals surface area contributed by atoms with E-state index in [1.54, 1.807) is 27.7 Å². The fraction of sp³-hybridized carbons (Fsp3) is 0.526. The van der Waals surface area contributed by atoms with Crippen LogP contribution in [0, 0.1) is 12.7 Å². The molecular formula is C19H25FN2O4. The summed E-state index contributed by atoms with van der Waals surface area (Å²) in [6.07, 6.45) is 0.618. The average Bonchev–Trinajstić information content (AvgIpc) is 2.97. The number of carbonyl (C=O) groups excluding carboxylic acids is 3. The van der Waals surface area contributed by atoms with Crippen LogP contribution in [0.5, 0.6) is 0 Å². The predicted molar refractivity (Wildman–Crippen MR) is 95.7 cm³/mol. The summed E-state index contributed by atoms with van der Waals surface area (Å²) < 4.78 is 19.3. The molecule has 7 heteroatoms. The number of hydrogen-bond donors (Lipinski definition) is 1. The molecule has 1 aliphatic rings. The van der Waals surface area contributed by atoms with Gasteiger partial charge in [0.05, 0.1) is 11.7 Å². The summed E-state index contributed by atoms with van der Waals surface area (Å²) >= 11 is 0. The Kier molecular flexibility index (Phi) is 5.68. The third-order valence-corrected chi connectivity index (χ3v) is 4.06. The molecule has 0 unspecified atom stereocenters. The highest BCUT2D eigenvalue weighted by atomic mass is 19.1. The van der Waals surface area contributed by atoms with E-state index in [9.17, 15) is 18.8 Å². The molecule has 142 valence electrons. The maximum atomic E-state index is 13.9. The van der Waals surface area contributed by atoms with Gasteiger partial charge in [-0.2, -0.15) is 0 Å². The minimum atomic E-state index is -0.692. The zero-order valence-electron chi connectivity index (χ0n) is 15.8. The second-order valence-corrected chi connectivity index (χ2v) is 7.52. The van der Waals surface area contributed by atoms with Gasteiger partial charge in [0.25, 0.3) is 0 Å².